The minimum Gasteiger partial charge on any atom is -0.497 e. The average molecular weight is 289 g/mol. The van der Waals surface area contributed by atoms with Crippen LogP contribution in [0.1, 0.15) is 47.4 Å². The van der Waals surface area contributed by atoms with Crippen LogP contribution in [-0.2, 0) is 0 Å². The average Bonchev–Trinajstić information content (AvgIpc) is 2.46. The van der Waals surface area contributed by atoms with Crippen LogP contribution < -0.4 is 4.74 Å². The van der Waals surface area contributed by atoms with E-state index in [4.69, 9.17) is 16.3 Å². The molecule has 0 aliphatic carbocycles. The highest BCUT2D eigenvalue weighted by molar-refractivity contribution is 6.22. The molecule has 0 amide bonds. The van der Waals surface area contributed by atoms with Crippen LogP contribution in [0.3, 0.4) is 0 Å². The first-order valence-corrected chi connectivity index (χ1v) is 7.35. The highest BCUT2D eigenvalue weighted by Crippen LogP contribution is 2.33. The second-order valence-electron chi connectivity index (χ2n) is 5.41. The fourth-order valence-electron chi connectivity index (χ4n) is 2.29. The van der Waals surface area contributed by atoms with E-state index in [0.717, 1.165) is 22.4 Å². The number of benzene rings is 2. The van der Waals surface area contributed by atoms with E-state index in [9.17, 15) is 0 Å². The van der Waals surface area contributed by atoms with Gasteiger partial charge in [0.15, 0.2) is 0 Å². The van der Waals surface area contributed by atoms with Crippen molar-refractivity contribution in [2.75, 3.05) is 7.11 Å². The Hall–Kier alpha value is -1.47. The molecule has 0 radical (unpaired) electrons. The Kier molecular flexibility index (Phi) is 4.72. The summed E-state index contributed by atoms with van der Waals surface area (Å²) in [6.45, 7) is 6.46. The lowest BCUT2D eigenvalue weighted by molar-refractivity contribution is 0.414. The highest BCUT2D eigenvalue weighted by Gasteiger charge is 2.14. The monoisotopic (exact) mass is 288 g/mol. The molecular formula is C18H21ClO. The second-order valence-corrected chi connectivity index (χ2v) is 5.84. The molecule has 0 spiro atoms. The largest absolute Gasteiger partial charge is 0.497 e. The number of halogens is 1. The van der Waals surface area contributed by atoms with Gasteiger partial charge in [-0.3, -0.25) is 0 Å². The van der Waals surface area contributed by atoms with Gasteiger partial charge in [0.2, 0.25) is 0 Å². The molecule has 2 aromatic rings. The van der Waals surface area contributed by atoms with Crippen LogP contribution in [0, 0.1) is 6.92 Å². The summed E-state index contributed by atoms with van der Waals surface area (Å²) in [5, 5.41) is -0.123. The standard InChI is InChI=1S/C18H21ClO/c1-12(2)14-5-7-15(8-6-14)18(19)17-10-9-16(20-4)11-13(17)3/h5-12,18H,1-4H3. The van der Waals surface area contributed by atoms with E-state index in [1.807, 2.05) is 18.2 Å². The van der Waals surface area contributed by atoms with Crippen molar-refractivity contribution in [2.24, 2.45) is 0 Å². The molecule has 0 fully saturated rings. The van der Waals surface area contributed by atoms with E-state index >= 15 is 0 Å². The molecule has 0 N–H and O–H groups in total. The van der Waals surface area contributed by atoms with Gasteiger partial charge in [0.1, 0.15) is 5.75 Å². The van der Waals surface area contributed by atoms with Gasteiger partial charge in [-0.1, -0.05) is 44.2 Å². The maximum absolute atomic E-state index is 6.62. The fraction of sp³-hybridized carbons (Fsp3) is 0.333. The van der Waals surface area contributed by atoms with Crippen molar-refractivity contribution >= 4 is 11.6 Å². The zero-order valence-corrected chi connectivity index (χ0v) is 13.2. The number of methoxy groups -OCH3 is 1. The molecule has 0 aliphatic rings. The first-order chi connectivity index (χ1) is 9.52. The van der Waals surface area contributed by atoms with Gasteiger partial charge in [-0.05, 0) is 47.2 Å². The third kappa shape index (κ3) is 3.16. The Morgan fingerprint density at radius 2 is 1.55 bits per heavy atom. The van der Waals surface area contributed by atoms with Crippen LogP contribution in [0.4, 0.5) is 0 Å². The SMILES string of the molecule is COc1ccc(C(Cl)c2ccc(C(C)C)cc2)c(C)c1. The van der Waals surface area contributed by atoms with Crippen molar-refractivity contribution < 1.29 is 4.74 Å². The van der Waals surface area contributed by atoms with E-state index in [0.29, 0.717) is 5.92 Å². The summed E-state index contributed by atoms with van der Waals surface area (Å²) in [5.41, 5.74) is 4.75. The van der Waals surface area contributed by atoms with Gasteiger partial charge in [0, 0.05) is 0 Å². The third-order valence-electron chi connectivity index (χ3n) is 3.65. The van der Waals surface area contributed by atoms with Crippen LogP contribution >= 0.6 is 11.6 Å². The molecule has 1 atom stereocenters. The first kappa shape index (κ1) is 14.9. The van der Waals surface area contributed by atoms with Gasteiger partial charge < -0.3 is 4.74 Å². The summed E-state index contributed by atoms with van der Waals surface area (Å²) in [7, 11) is 1.68. The van der Waals surface area contributed by atoms with Crippen LogP contribution in [0.15, 0.2) is 42.5 Å². The molecule has 2 rings (SSSR count). The third-order valence-corrected chi connectivity index (χ3v) is 4.13. The molecule has 2 aromatic carbocycles. The Labute approximate surface area is 126 Å². The van der Waals surface area contributed by atoms with Gasteiger partial charge in [-0.2, -0.15) is 0 Å². The van der Waals surface area contributed by atoms with Crippen molar-refractivity contribution in [3.8, 4) is 5.75 Å². The molecule has 0 aliphatic heterocycles. The van der Waals surface area contributed by atoms with Crippen LogP contribution in [0.5, 0.6) is 5.75 Å². The summed E-state index contributed by atoms with van der Waals surface area (Å²) < 4.78 is 5.23. The molecule has 2 heteroatoms. The predicted octanol–water partition coefficient (Wildman–Crippen LogP) is 5.46. The quantitative estimate of drug-likeness (QED) is 0.679. The zero-order chi connectivity index (χ0) is 14.7. The topological polar surface area (TPSA) is 9.23 Å². The highest BCUT2D eigenvalue weighted by atomic mass is 35.5. The van der Waals surface area contributed by atoms with Crippen molar-refractivity contribution in [1.29, 1.82) is 0 Å². The smallest absolute Gasteiger partial charge is 0.119 e. The zero-order valence-electron chi connectivity index (χ0n) is 12.5. The summed E-state index contributed by atoms with van der Waals surface area (Å²) in [6, 6.07) is 14.6. The van der Waals surface area contributed by atoms with Gasteiger partial charge in [-0.25, -0.2) is 0 Å². The summed E-state index contributed by atoms with van der Waals surface area (Å²) in [5.74, 6) is 1.41. The van der Waals surface area contributed by atoms with E-state index in [1.54, 1.807) is 7.11 Å². The summed E-state index contributed by atoms with van der Waals surface area (Å²) in [4.78, 5) is 0. The lowest BCUT2D eigenvalue weighted by Gasteiger charge is -2.15. The Bertz CT molecular complexity index is 572. The Morgan fingerprint density at radius 3 is 2.05 bits per heavy atom. The van der Waals surface area contributed by atoms with Crippen LogP contribution in [0.25, 0.3) is 0 Å². The van der Waals surface area contributed by atoms with E-state index in [1.165, 1.54) is 5.56 Å². The first-order valence-electron chi connectivity index (χ1n) is 6.91. The van der Waals surface area contributed by atoms with Gasteiger partial charge in [-0.15, -0.1) is 11.6 Å². The molecule has 0 aromatic heterocycles. The minimum atomic E-state index is -0.123. The molecule has 20 heavy (non-hydrogen) atoms. The van der Waals surface area contributed by atoms with E-state index < -0.39 is 0 Å². The number of aryl methyl sites for hydroxylation is 1. The predicted molar refractivity (Wildman–Crippen MR) is 86.0 cm³/mol. The van der Waals surface area contributed by atoms with Crippen LogP contribution in [0.2, 0.25) is 0 Å². The number of rotatable bonds is 4. The molecule has 1 nitrogen and oxygen atoms in total. The molecule has 1 unspecified atom stereocenters. The number of hydrogen-bond acceptors (Lipinski definition) is 1. The second kappa shape index (κ2) is 6.32. The van der Waals surface area contributed by atoms with E-state index in [-0.39, 0.29) is 5.38 Å². The summed E-state index contributed by atoms with van der Waals surface area (Å²) >= 11 is 6.62. The van der Waals surface area contributed by atoms with Gasteiger partial charge in [0.05, 0.1) is 12.5 Å². The van der Waals surface area contributed by atoms with Crippen molar-refractivity contribution in [3.63, 3.8) is 0 Å². The van der Waals surface area contributed by atoms with Gasteiger partial charge in [0.25, 0.3) is 0 Å². The Balaban J connectivity index is 2.28. The lowest BCUT2D eigenvalue weighted by atomic mass is 9.96. The molecule has 0 bridgehead atoms. The lowest BCUT2D eigenvalue weighted by Crippen LogP contribution is -1.98. The molecule has 0 saturated heterocycles. The minimum absolute atomic E-state index is 0.123. The van der Waals surface area contributed by atoms with Crippen molar-refractivity contribution in [2.45, 2.75) is 32.1 Å². The Morgan fingerprint density at radius 1 is 0.950 bits per heavy atom. The maximum atomic E-state index is 6.62. The van der Waals surface area contributed by atoms with E-state index in [2.05, 4.69) is 45.0 Å². The number of hydrogen-bond donors (Lipinski definition) is 0. The summed E-state index contributed by atoms with van der Waals surface area (Å²) in [6.07, 6.45) is 0. The van der Waals surface area contributed by atoms with Crippen molar-refractivity contribution in [1.82, 2.24) is 0 Å². The number of ether oxygens (including phenoxy) is 1. The molecule has 0 heterocycles. The molecule has 106 valence electrons. The van der Waals surface area contributed by atoms with Crippen molar-refractivity contribution in [3.05, 3.63) is 64.7 Å². The normalized spacial score (nSPS) is 12.5. The van der Waals surface area contributed by atoms with Crippen LogP contribution in [-0.4, -0.2) is 7.11 Å². The molecular weight excluding hydrogens is 268 g/mol. The van der Waals surface area contributed by atoms with Gasteiger partial charge >= 0.3 is 0 Å². The number of alkyl halides is 1. The molecule has 0 saturated carbocycles. The fourth-order valence-corrected chi connectivity index (χ4v) is 2.68. The maximum Gasteiger partial charge on any atom is 0.119 e.